The number of carbonyl (C=O) groups is 2. The first-order valence-electron chi connectivity index (χ1n) is 5.52. The van der Waals surface area contributed by atoms with Crippen LogP contribution >= 0.6 is 15.9 Å². The van der Waals surface area contributed by atoms with Gasteiger partial charge in [-0.15, -0.1) is 0 Å². The van der Waals surface area contributed by atoms with Crippen molar-refractivity contribution in [1.29, 1.82) is 0 Å². The Morgan fingerprint density at radius 1 is 1.50 bits per heavy atom. The largest absolute Gasteiger partial charge is 0.368 e. The monoisotopic (exact) mass is 313 g/mol. The normalized spacial score (nSPS) is 14.1. The summed E-state index contributed by atoms with van der Waals surface area (Å²) in [6.45, 7) is 5.26. The highest BCUT2D eigenvalue weighted by molar-refractivity contribution is 9.10. The van der Waals surface area contributed by atoms with E-state index < -0.39 is 11.4 Å². The Morgan fingerprint density at radius 3 is 2.56 bits per heavy atom. The van der Waals surface area contributed by atoms with Crippen LogP contribution in [0.3, 0.4) is 0 Å². The van der Waals surface area contributed by atoms with Crippen LogP contribution in [0.2, 0.25) is 0 Å². The van der Waals surface area contributed by atoms with E-state index in [1.807, 2.05) is 13.8 Å². The maximum Gasteiger partial charge on any atom is 0.254 e. The number of primary amides is 1. The van der Waals surface area contributed by atoms with Gasteiger partial charge in [-0.1, -0.05) is 13.8 Å². The fraction of sp³-hybridized carbons (Fsp3) is 0.417. The first kappa shape index (κ1) is 14.6. The minimum atomic E-state index is -1.09. The quantitative estimate of drug-likeness (QED) is 0.825. The van der Waals surface area contributed by atoms with Gasteiger partial charge in [0.25, 0.3) is 5.91 Å². The summed E-state index contributed by atoms with van der Waals surface area (Å²) in [5.41, 5.74) is 4.63. The molecule has 18 heavy (non-hydrogen) atoms. The number of hydrogen-bond donors (Lipinski definition) is 2. The summed E-state index contributed by atoms with van der Waals surface area (Å²) in [7, 11) is 0. The number of amides is 2. The molecule has 0 spiro atoms. The Bertz CT molecular complexity index is 476. The lowest BCUT2D eigenvalue weighted by Gasteiger charge is -2.31. The molecular weight excluding hydrogens is 298 g/mol. The molecule has 0 bridgehead atoms. The topological polar surface area (TPSA) is 85.1 Å². The SMILES string of the molecule is CC(C)C(C)(NC(=O)c1cccnc1Br)C(N)=O. The minimum Gasteiger partial charge on any atom is -0.368 e. The molecule has 2 amide bonds. The number of aromatic nitrogens is 1. The molecule has 0 fully saturated rings. The summed E-state index contributed by atoms with van der Waals surface area (Å²) in [4.78, 5) is 27.6. The number of halogens is 1. The molecule has 1 atom stereocenters. The lowest BCUT2D eigenvalue weighted by Crippen LogP contribution is -2.58. The number of rotatable bonds is 4. The van der Waals surface area contributed by atoms with E-state index in [9.17, 15) is 9.59 Å². The van der Waals surface area contributed by atoms with Gasteiger partial charge in [0.05, 0.1) is 5.56 Å². The van der Waals surface area contributed by atoms with Crippen molar-refractivity contribution in [3.63, 3.8) is 0 Å². The van der Waals surface area contributed by atoms with Gasteiger partial charge in [-0.25, -0.2) is 4.98 Å². The maximum absolute atomic E-state index is 12.1. The zero-order chi connectivity index (χ0) is 13.9. The van der Waals surface area contributed by atoms with E-state index in [0.29, 0.717) is 10.2 Å². The summed E-state index contributed by atoms with van der Waals surface area (Å²) >= 11 is 3.19. The van der Waals surface area contributed by atoms with Crippen molar-refractivity contribution < 1.29 is 9.59 Å². The fourth-order valence-electron chi connectivity index (χ4n) is 1.35. The van der Waals surface area contributed by atoms with E-state index in [0.717, 1.165) is 0 Å². The highest BCUT2D eigenvalue weighted by Gasteiger charge is 2.36. The third kappa shape index (κ3) is 2.87. The van der Waals surface area contributed by atoms with Crippen molar-refractivity contribution in [2.24, 2.45) is 11.7 Å². The summed E-state index contributed by atoms with van der Waals surface area (Å²) in [5.74, 6) is -1.06. The molecule has 1 unspecified atom stereocenters. The van der Waals surface area contributed by atoms with Crippen LogP contribution in [-0.2, 0) is 4.79 Å². The van der Waals surface area contributed by atoms with Crippen LogP contribution in [0.5, 0.6) is 0 Å². The van der Waals surface area contributed by atoms with Gasteiger partial charge in [-0.2, -0.15) is 0 Å². The number of nitrogens with zero attached hydrogens (tertiary/aromatic N) is 1. The van der Waals surface area contributed by atoms with Gasteiger partial charge in [-0.3, -0.25) is 9.59 Å². The zero-order valence-electron chi connectivity index (χ0n) is 10.5. The average Bonchev–Trinajstić information content (AvgIpc) is 2.28. The summed E-state index contributed by atoms with van der Waals surface area (Å²) in [5, 5.41) is 2.67. The Labute approximate surface area is 114 Å². The molecule has 0 saturated heterocycles. The molecular formula is C12H16BrN3O2. The predicted molar refractivity (Wildman–Crippen MR) is 71.8 cm³/mol. The second-order valence-electron chi connectivity index (χ2n) is 4.52. The first-order chi connectivity index (χ1) is 8.29. The highest BCUT2D eigenvalue weighted by Crippen LogP contribution is 2.19. The van der Waals surface area contributed by atoms with Gasteiger partial charge < -0.3 is 11.1 Å². The van der Waals surface area contributed by atoms with Gasteiger partial charge in [0, 0.05) is 6.20 Å². The smallest absolute Gasteiger partial charge is 0.254 e. The van der Waals surface area contributed by atoms with E-state index in [4.69, 9.17) is 5.73 Å². The Kier molecular flexibility index (Phi) is 4.45. The van der Waals surface area contributed by atoms with Crippen LogP contribution in [0.25, 0.3) is 0 Å². The number of hydrogen-bond acceptors (Lipinski definition) is 3. The van der Waals surface area contributed by atoms with Crippen molar-refractivity contribution in [1.82, 2.24) is 10.3 Å². The van der Waals surface area contributed by atoms with E-state index in [2.05, 4.69) is 26.2 Å². The molecule has 0 saturated carbocycles. The Morgan fingerprint density at radius 2 is 2.11 bits per heavy atom. The minimum absolute atomic E-state index is 0.116. The molecule has 0 aliphatic carbocycles. The second-order valence-corrected chi connectivity index (χ2v) is 5.27. The Balaban J connectivity index is 3.00. The predicted octanol–water partition coefficient (Wildman–Crippen LogP) is 1.47. The van der Waals surface area contributed by atoms with Gasteiger partial charge in [-0.05, 0) is 40.9 Å². The molecule has 1 rings (SSSR count). The standard InChI is InChI=1S/C12H16BrN3O2/c1-7(2)12(3,11(14)18)16-10(17)8-5-4-6-15-9(8)13/h4-7H,1-3H3,(H2,14,18)(H,16,17). The number of nitrogens with one attached hydrogen (secondary N) is 1. The molecule has 98 valence electrons. The van der Waals surface area contributed by atoms with Crippen LogP contribution in [-0.4, -0.2) is 22.3 Å². The molecule has 1 aromatic heterocycles. The van der Waals surface area contributed by atoms with Crippen molar-refractivity contribution in [2.45, 2.75) is 26.3 Å². The van der Waals surface area contributed by atoms with Gasteiger partial charge in [0.1, 0.15) is 10.1 Å². The number of carbonyl (C=O) groups excluding carboxylic acids is 2. The molecule has 0 radical (unpaired) electrons. The summed E-state index contributed by atoms with van der Waals surface area (Å²) in [6.07, 6.45) is 1.57. The number of pyridine rings is 1. The zero-order valence-corrected chi connectivity index (χ0v) is 12.1. The van der Waals surface area contributed by atoms with Gasteiger partial charge in [0.15, 0.2) is 0 Å². The molecule has 1 aromatic rings. The van der Waals surface area contributed by atoms with Crippen LogP contribution in [0.4, 0.5) is 0 Å². The molecule has 0 aliphatic rings. The number of nitrogens with two attached hydrogens (primary N) is 1. The van der Waals surface area contributed by atoms with Crippen molar-refractivity contribution in [3.8, 4) is 0 Å². The Hall–Kier alpha value is -1.43. The van der Waals surface area contributed by atoms with Gasteiger partial charge in [0.2, 0.25) is 5.91 Å². The van der Waals surface area contributed by atoms with E-state index in [1.54, 1.807) is 25.3 Å². The fourth-order valence-corrected chi connectivity index (χ4v) is 1.78. The summed E-state index contributed by atoms with van der Waals surface area (Å²) < 4.78 is 0.429. The third-order valence-electron chi connectivity index (χ3n) is 3.04. The van der Waals surface area contributed by atoms with Crippen LogP contribution in [0, 0.1) is 5.92 Å². The van der Waals surface area contributed by atoms with Crippen molar-refractivity contribution >= 4 is 27.7 Å². The van der Waals surface area contributed by atoms with E-state index in [1.165, 1.54) is 0 Å². The van der Waals surface area contributed by atoms with Crippen LogP contribution in [0.15, 0.2) is 22.9 Å². The maximum atomic E-state index is 12.1. The van der Waals surface area contributed by atoms with E-state index in [-0.39, 0.29) is 11.8 Å². The van der Waals surface area contributed by atoms with Crippen molar-refractivity contribution in [3.05, 3.63) is 28.5 Å². The summed E-state index contributed by atoms with van der Waals surface area (Å²) in [6, 6.07) is 3.27. The third-order valence-corrected chi connectivity index (χ3v) is 3.68. The molecule has 3 N–H and O–H groups in total. The lowest BCUT2D eigenvalue weighted by atomic mass is 9.87. The van der Waals surface area contributed by atoms with Crippen molar-refractivity contribution in [2.75, 3.05) is 0 Å². The van der Waals surface area contributed by atoms with Crippen LogP contribution in [0.1, 0.15) is 31.1 Å². The molecule has 6 heteroatoms. The van der Waals surface area contributed by atoms with Crippen LogP contribution < -0.4 is 11.1 Å². The first-order valence-corrected chi connectivity index (χ1v) is 6.31. The van der Waals surface area contributed by atoms with Gasteiger partial charge >= 0.3 is 0 Å². The second kappa shape index (κ2) is 5.48. The van der Waals surface area contributed by atoms with E-state index >= 15 is 0 Å². The average molecular weight is 314 g/mol. The molecule has 5 nitrogen and oxygen atoms in total. The molecule has 0 aromatic carbocycles. The molecule has 0 aliphatic heterocycles. The highest BCUT2D eigenvalue weighted by atomic mass is 79.9. The molecule has 1 heterocycles. The lowest BCUT2D eigenvalue weighted by molar-refractivity contribution is -0.125.